The van der Waals surface area contributed by atoms with E-state index in [1.165, 1.54) is 0 Å². The Hall–Kier alpha value is -1.56. The first-order chi connectivity index (χ1) is 8.41. The lowest BCUT2D eigenvalue weighted by molar-refractivity contribution is -0.137. The average Bonchev–Trinajstić information content (AvgIpc) is 2.27. The molecule has 0 aliphatic rings. The van der Waals surface area contributed by atoms with Gasteiger partial charge in [0.25, 0.3) is 5.91 Å². The first-order valence-corrected chi connectivity index (χ1v) is 6.23. The van der Waals surface area contributed by atoms with Crippen molar-refractivity contribution in [2.75, 3.05) is 18.5 Å². The molecule has 5 nitrogen and oxygen atoms in total. The molecule has 6 heteroatoms. The molecule has 0 atom stereocenters. The maximum absolute atomic E-state index is 11.3. The van der Waals surface area contributed by atoms with Gasteiger partial charge in [-0.1, -0.05) is 15.9 Å². The third-order valence-electron chi connectivity index (χ3n) is 2.52. The van der Waals surface area contributed by atoms with Crippen molar-refractivity contribution < 1.29 is 14.7 Å². The smallest absolute Gasteiger partial charge is 0.303 e. The zero-order chi connectivity index (χ0) is 13.7. The SMILES string of the molecule is CN(CCCC(=O)O)c1cc(Br)ccc1C(N)=O. The molecule has 0 saturated heterocycles. The number of anilines is 1. The zero-order valence-corrected chi connectivity index (χ0v) is 11.6. The van der Waals surface area contributed by atoms with Gasteiger partial charge in [0.2, 0.25) is 0 Å². The van der Waals surface area contributed by atoms with E-state index in [1.54, 1.807) is 25.2 Å². The number of nitrogens with two attached hydrogens (primary N) is 1. The molecular formula is C12H15BrN2O3. The van der Waals surface area contributed by atoms with Crippen LogP contribution in [0.2, 0.25) is 0 Å². The summed E-state index contributed by atoms with van der Waals surface area (Å²) in [5.74, 6) is -1.32. The first-order valence-electron chi connectivity index (χ1n) is 5.44. The second-order valence-corrected chi connectivity index (χ2v) is 4.86. The third kappa shape index (κ3) is 4.03. The summed E-state index contributed by atoms with van der Waals surface area (Å²) < 4.78 is 0.840. The number of carboxylic acid groups (broad SMARTS) is 1. The van der Waals surface area contributed by atoms with Crippen LogP contribution >= 0.6 is 15.9 Å². The summed E-state index contributed by atoms with van der Waals surface area (Å²) in [4.78, 5) is 23.6. The van der Waals surface area contributed by atoms with Crippen LogP contribution in [0.5, 0.6) is 0 Å². The third-order valence-corrected chi connectivity index (χ3v) is 3.01. The molecule has 0 heterocycles. The molecule has 0 unspecified atom stereocenters. The van der Waals surface area contributed by atoms with Crippen molar-refractivity contribution in [3.05, 3.63) is 28.2 Å². The van der Waals surface area contributed by atoms with Gasteiger partial charge >= 0.3 is 5.97 Å². The van der Waals surface area contributed by atoms with E-state index in [2.05, 4.69) is 15.9 Å². The van der Waals surface area contributed by atoms with E-state index in [9.17, 15) is 9.59 Å². The van der Waals surface area contributed by atoms with E-state index in [4.69, 9.17) is 10.8 Å². The van der Waals surface area contributed by atoms with Crippen LogP contribution in [0.25, 0.3) is 0 Å². The Morgan fingerprint density at radius 3 is 2.67 bits per heavy atom. The normalized spacial score (nSPS) is 10.1. The number of benzene rings is 1. The minimum absolute atomic E-state index is 0.101. The Bertz CT molecular complexity index is 463. The molecule has 0 bridgehead atoms. The number of nitrogens with zero attached hydrogens (tertiary/aromatic N) is 1. The maximum atomic E-state index is 11.3. The monoisotopic (exact) mass is 314 g/mol. The van der Waals surface area contributed by atoms with Crippen molar-refractivity contribution in [2.45, 2.75) is 12.8 Å². The molecule has 0 aromatic heterocycles. The van der Waals surface area contributed by atoms with E-state index < -0.39 is 11.9 Å². The van der Waals surface area contributed by atoms with Crippen molar-refractivity contribution in [1.82, 2.24) is 0 Å². The van der Waals surface area contributed by atoms with Gasteiger partial charge in [0.1, 0.15) is 0 Å². The maximum Gasteiger partial charge on any atom is 0.303 e. The fourth-order valence-electron chi connectivity index (χ4n) is 1.62. The lowest BCUT2D eigenvalue weighted by Crippen LogP contribution is -2.23. The molecule has 1 rings (SSSR count). The van der Waals surface area contributed by atoms with Crippen molar-refractivity contribution in [1.29, 1.82) is 0 Å². The molecule has 0 aliphatic heterocycles. The van der Waals surface area contributed by atoms with Gasteiger partial charge in [-0.05, 0) is 24.6 Å². The van der Waals surface area contributed by atoms with Crippen molar-refractivity contribution in [3.63, 3.8) is 0 Å². The zero-order valence-electron chi connectivity index (χ0n) is 10.0. The minimum Gasteiger partial charge on any atom is -0.481 e. The molecule has 0 fully saturated rings. The molecule has 18 heavy (non-hydrogen) atoms. The topological polar surface area (TPSA) is 83.6 Å². The lowest BCUT2D eigenvalue weighted by Gasteiger charge is -2.21. The average molecular weight is 315 g/mol. The summed E-state index contributed by atoms with van der Waals surface area (Å²) in [5, 5.41) is 8.58. The predicted octanol–water partition coefficient (Wildman–Crippen LogP) is 1.85. The molecule has 0 saturated carbocycles. The van der Waals surface area contributed by atoms with Crippen molar-refractivity contribution in [2.24, 2.45) is 5.73 Å². The number of aliphatic carboxylic acids is 1. The summed E-state index contributed by atoms with van der Waals surface area (Å²) >= 11 is 3.33. The van der Waals surface area contributed by atoms with E-state index >= 15 is 0 Å². The van der Waals surface area contributed by atoms with Crippen LogP contribution in [-0.2, 0) is 4.79 Å². The molecule has 0 radical (unpaired) electrons. The fourth-order valence-corrected chi connectivity index (χ4v) is 1.97. The Balaban J connectivity index is 2.83. The number of amides is 1. The molecule has 1 amide bonds. The molecule has 3 N–H and O–H groups in total. The second kappa shape index (κ2) is 6.39. The Kier molecular flexibility index (Phi) is 5.15. The fraction of sp³-hybridized carbons (Fsp3) is 0.333. The van der Waals surface area contributed by atoms with Gasteiger partial charge in [-0.25, -0.2) is 0 Å². The number of hydrogen-bond donors (Lipinski definition) is 2. The van der Waals surface area contributed by atoms with E-state index in [0.717, 1.165) is 4.47 Å². The van der Waals surface area contributed by atoms with Crippen LogP contribution in [0.1, 0.15) is 23.2 Å². The van der Waals surface area contributed by atoms with Gasteiger partial charge in [0.15, 0.2) is 0 Å². The second-order valence-electron chi connectivity index (χ2n) is 3.94. The largest absolute Gasteiger partial charge is 0.481 e. The molecule has 0 spiro atoms. The van der Waals surface area contributed by atoms with Crippen LogP contribution in [0.3, 0.4) is 0 Å². The number of carbonyl (C=O) groups excluding carboxylic acids is 1. The quantitative estimate of drug-likeness (QED) is 0.839. The van der Waals surface area contributed by atoms with Gasteiger partial charge in [0, 0.05) is 24.5 Å². The number of rotatable bonds is 6. The summed E-state index contributed by atoms with van der Waals surface area (Å²) in [6.45, 7) is 0.545. The summed E-state index contributed by atoms with van der Waals surface area (Å²) in [7, 11) is 1.80. The van der Waals surface area contributed by atoms with E-state index in [1.807, 2.05) is 4.90 Å². The van der Waals surface area contributed by atoms with E-state index in [-0.39, 0.29) is 6.42 Å². The standard InChI is InChI=1S/C12H15BrN2O3/c1-15(6-2-3-11(16)17)10-7-8(13)4-5-9(10)12(14)18/h4-5,7H,2-3,6H2,1H3,(H2,14,18)(H,16,17). The first kappa shape index (κ1) is 14.5. The highest BCUT2D eigenvalue weighted by Gasteiger charge is 2.12. The van der Waals surface area contributed by atoms with Crippen molar-refractivity contribution >= 4 is 33.5 Å². The van der Waals surface area contributed by atoms with Crippen molar-refractivity contribution in [3.8, 4) is 0 Å². The highest BCUT2D eigenvalue weighted by Crippen LogP contribution is 2.24. The van der Waals surface area contributed by atoms with Gasteiger partial charge < -0.3 is 15.7 Å². The van der Waals surface area contributed by atoms with Gasteiger partial charge in [-0.3, -0.25) is 9.59 Å². The Labute approximate surface area is 114 Å². The van der Waals surface area contributed by atoms with Gasteiger partial charge in [0.05, 0.1) is 11.3 Å². The molecule has 1 aromatic carbocycles. The minimum atomic E-state index is -0.826. The predicted molar refractivity (Wildman–Crippen MR) is 72.8 cm³/mol. The Morgan fingerprint density at radius 1 is 1.44 bits per heavy atom. The summed E-state index contributed by atoms with van der Waals surface area (Å²) in [6.07, 6.45) is 0.612. The molecule has 0 aliphatic carbocycles. The molecular weight excluding hydrogens is 300 g/mol. The van der Waals surface area contributed by atoms with Crippen LogP contribution < -0.4 is 10.6 Å². The number of carbonyl (C=O) groups is 2. The van der Waals surface area contributed by atoms with Crippen LogP contribution in [0, 0.1) is 0 Å². The van der Waals surface area contributed by atoms with Crippen LogP contribution in [-0.4, -0.2) is 30.6 Å². The highest BCUT2D eigenvalue weighted by atomic mass is 79.9. The van der Waals surface area contributed by atoms with E-state index in [0.29, 0.717) is 24.2 Å². The lowest BCUT2D eigenvalue weighted by atomic mass is 10.1. The molecule has 98 valence electrons. The van der Waals surface area contributed by atoms with Crippen LogP contribution in [0.15, 0.2) is 22.7 Å². The number of primary amides is 1. The van der Waals surface area contributed by atoms with Gasteiger partial charge in [-0.15, -0.1) is 0 Å². The Morgan fingerprint density at radius 2 is 2.11 bits per heavy atom. The summed E-state index contributed by atoms with van der Waals surface area (Å²) in [6, 6.07) is 5.19. The number of halogens is 1. The van der Waals surface area contributed by atoms with Crippen LogP contribution in [0.4, 0.5) is 5.69 Å². The number of hydrogen-bond acceptors (Lipinski definition) is 3. The number of carboxylic acids is 1. The highest BCUT2D eigenvalue weighted by molar-refractivity contribution is 9.10. The molecule has 1 aromatic rings. The van der Waals surface area contributed by atoms with Gasteiger partial charge in [-0.2, -0.15) is 0 Å². The summed E-state index contributed by atoms with van der Waals surface area (Å²) in [5.41, 5.74) is 6.43.